The largest absolute Gasteiger partial charge is 0.497 e. The summed E-state index contributed by atoms with van der Waals surface area (Å²) in [7, 11) is 1.70. The molecule has 35 heavy (non-hydrogen) atoms. The van der Waals surface area contributed by atoms with Crippen molar-refractivity contribution in [3.8, 4) is 16.9 Å². The van der Waals surface area contributed by atoms with Gasteiger partial charge in [-0.15, -0.1) is 0 Å². The van der Waals surface area contributed by atoms with Crippen LogP contribution >= 0.6 is 11.6 Å². The number of hydrogen-bond donors (Lipinski definition) is 1. The van der Waals surface area contributed by atoms with Crippen molar-refractivity contribution in [2.24, 2.45) is 0 Å². The van der Waals surface area contributed by atoms with E-state index >= 15 is 0 Å². The lowest BCUT2D eigenvalue weighted by atomic mass is 9.94. The lowest BCUT2D eigenvalue weighted by Crippen LogP contribution is -2.28. The van der Waals surface area contributed by atoms with Crippen LogP contribution in [0.15, 0.2) is 48.5 Å². The molecule has 1 N–H and O–H groups in total. The number of fused-ring (bicyclic) bond motifs is 2. The highest BCUT2D eigenvalue weighted by atomic mass is 35.5. The molecular formula is C29H29ClN4O. The molecule has 0 radical (unpaired) electrons. The van der Waals surface area contributed by atoms with Crippen LogP contribution in [0, 0.1) is 13.8 Å². The third-order valence-electron chi connectivity index (χ3n) is 7.34. The number of rotatable bonds is 4. The molecule has 2 aromatic heterocycles. The van der Waals surface area contributed by atoms with Gasteiger partial charge in [-0.3, -0.25) is 0 Å². The van der Waals surface area contributed by atoms with Gasteiger partial charge in [0.1, 0.15) is 5.75 Å². The van der Waals surface area contributed by atoms with Crippen LogP contribution in [0.4, 0.5) is 0 Å². The molecule has 0 spiro atoms. The van der Waals surface area contributed by atoms with Crippen molar-refractivity contribution in [2.75, 3.05) is 13.7 Å². The molecular weight excluding hydrogens is 456 g/mol. The predicted molar refractivity (Wildman–Crippen MR) is 141 cm³/mol. The normalized spacial score (nSPS) is 17.5. The summed E-state index contributed by atoms with van der Waals surface area (Å²) in [6.07, 6.45) is 6.56. The van der Waals surface area contributed by atoms with Crippen LogP contribution in [0.3, 0.4) is 0 Å². The lowest BCUT2D eigenvalue weighted by Gasteiger charge is -2.26. The van der Waals surface area contributed by atoms with E-state index in [-0.39, 0.29) is 6.04 Å². The van der Waals surface area contributed by atoms with Crippen LogP contribution < -0.4 is 10.1 Å². The van der Waals surface area contributed by atoms with Gasteiger partial charge in [0, 0.05) is 22.8 Å². The second kappa shape index (κ2) is 8.81. The molecule has 5 nitrogen and oxygen atoms in total. The molecule has 6 rings (SSSR count). The molecule has 178 valence electrons. The van der Waals surface area contributed by atoms with Gasteiger partial charge in [-0.05, 0) is 91.6 Å². The molecule has 4 aromatic rings. The SMILES string of the molecule is COc1ccc(-c2c(C)nn3c(C4C=C(c5ccc(Cl)cc5)CCN4)c4c(nc23)CCC4)c(C)c1. The Morgan fingerprint density at radius 3 is 2.66 bits per heavy atom. The Morgan fingerprint density at radius 1 is 1.06 bits per heavy atom. The molecule has 2 aromatic carbocycles. The number of nitrogens with one attached hydrogen (secondary N) is 1. The molecule has 1 unspecified atom stereocenters. The van der Waals surface area contributed by atoms with E-state index in [1.807, 2.05) is 18.2 Å². The topological polar surface area (TPSA) is 51.5 Å². The van der Waals surface area contributed by atoms with Gasteiger partial charge in [-0.25, -0.2) is 9.50 Å². The highest BCUT2D eigenvalue weighted by molar-refractivity contribution is 6.30. The van der Waals surface area contributed by atoms with E-state index < -0.39 is 0 Å². The standard InChI is InChI=1S/C29H29ClN4O/c1-17-15-22(35-3)11-12-23(17)27-18(2)33-34-28(24-5-4-6-25(24)32-29(27)34)26-16-20(13-14-31-26)19-7-9-21(30)10-8-19/h7-12,15-16,26,31H,4-6,13-14H2,1-3H3. The van der Waals surface area contributed by atoms with E-state index in [2.05, 4.69) is 54.0 Å². The highest BCUT2D eigenvalue weighted by Gasteiger charge is 2.29. The molecule has 0 saturated carbocycles. The smallest absolute Gasteiger partial charge is 0.163 e. The van der Waals surface area contributed by atoms with Crippen molar-refractivity contribution >= 4 is 22.8 Å². The van der Waals surface area contributed by atoms with E-state index in [9.17, 15) is 0 Å². The van der Waals surface area contributed by atoms with Crippen molar-refractivity contribution in [1.82, 2.24) is 19.9 Å². The number of methoxy groups -OCH3 is 1. The van der Waals surface area contributed by atoms with Crippen LogP contribution in [0.5, 0.6) is 5.75 Å². The maximum Gasteiger partial charge on any atom is 0.163 e. The van der Waals surface area contributed by atoms with Crippen molar-refractivity contribution < 1.29 is 4.74 Å². The summed E-state index contributed by atoms with van der Waals surface area (Å²) in [6.45, 7) is 5.13. The first-order chi connectivity index (χ1) is 17.0. The van der Waals surface area contributed by atoms with Gasteiger partial charge in [0.25, 0.3) is 0 Å². The minimum absolute atomic E-state index is 0.0795. The molecule has 1 aliphatic heterocycles. The number of hydrogen-bond acceptors (Lipinski definition) is 4. The van der Waals surface area contributed by atoms with Crippen LogP contribution in [-0.2, 0) is 12.8 Å². The quantitative estimate of drug-likeness (QED) is 0.370. The maximum absolute atomic E-state index is 6.14. The number of aromatic nitrogens is 3. The van der Waals surface area contributed by atoms with Crippen LogP contribution in [0.1, 0.15) is 52.7 Å². The summed E-state index contributed by atoms with van der Waals surface area (Å²) < 4.78 is 7.55. The Kier molecular flexibility index (Phi) is 5.62. The van der Waals surface area contributed by atoms with Crippen LogP contribution in [-0.4, -0.2) is 28.3 Å². The Labute approximate surface area is 210 Å². The number of ether oxygens (including phenoxy) is 1. The second-order valence-corrected chi connectivity index (χ2v) is 9.97. The van der Waals surface area contributed by atoms with Crippen molar-refractivity contribution in [3.63, 3.8) is 0 Å². The number of nitrogens with zero attached hydrogens (tertiary/aromatic N) is 3. The van der Waals surface area contributed by atoms with Crippen molar-refractivity contribution in [2.45, 2.75) is 45.6 Å². The Bertz CT molecular complexity index is 1470. The Morgan fingerprint density at radius 2 is 1.89 bits per heavy atom. The second-order valence-electron chi connectivity index (χ2n) is 9.53. The fraction of sp³-hybridized carbons (Fsp3) is 0.310. The van der Waals surface area contributed by atoms with Crippen LogP contribution in [0.25, 0.3) is 22.3 Å². The van der Waals surface area contributed by atoms with Gasteiger partial charge in [0.2, 0.25) is 0 Å². The Balaban J connectivity index is 1.54. The summed E-state index contributed by atoms with van der Waals surface area (Å²) in [6, 6.07) is 14.5. The minimum atomic E-state index is 0.0795. The molecule has 1 atom stereocenters. The van der Waals surface area contributed by atoms with E-state index in [1.165, 1.54) is 28.1 Å². The average molecular weight is 485 g/mol. The molecule has 0 fully saturated rings. The molecule has 0 saturated heterocycles. The summed E-state index contributed by atoms with van der Waals surface area (Å²) in [4.78, 5) is 5.19. The van der Waals surface area contributed by atoms with E-state index in [4.69, 9.17) is 26.4 Å². The first kappa shape index (κ1) is 22.3. The fourth-order valence-electron chi connectivity index (χ4n) is 5.63. The highest BCUT2D eigenvalue weighted by Crippen LogP contribution is 2.38. The minimum Gasteiger partial charge on any atom is -0.497 e. The van der Waals surface area contributed by atoms with Crippen LogP contribution in [0.2, 0.25) is 5.02 Å². The summed E-state index contributed by atoms with van der Waals surface area (Å²) in [5, 5.41) is 9.59. The average Bonchev–Trinajstić information content (AvgIpc) is 3.46. The van der Waals surface area contributed by atoms with Gasteiger partial charge in [0.15, 0.2) is 5.65 Å². The van der Waals surface area contributed by atoms with Gasteiger partial charge < -0.3 is 10.1 Å². The van der Waals surface area contributed by atoms with Gasteiger partial charge in [-0.1, -0.05) is 35.9 Å². The zero-order valence-electron chi connectivity index (χ0n) is 20.4. The summed E-state index contributed by atoms with van der Waals surface area (Å²) in [5.41, 5.74) is 11.7. The van der Waals surface area contributed by atoms with E-state index in [0.29, 0.717) is 0 Å². The third-order valence-corrected chi connectivity index (χ3v) is 7.59. The van der Waals surface area contributed by atoms with Crippen molar-refractivity contribution in [1.29, 1.82) is 0 Å². The van der Waals surface area contributed by atoms with E-state index in [1.54, 1.807) is 7.11 Å². The first-order valence-electron chi connectivity index (χ1n) is 12.3. The lowest BCUT2D eigenvalue weighted by molar-refractivity contribution is 0.414. The van der Waals surface area contributed by atoms with Gasteiger partial charge >= 0.3 is 0 Å². The number of halogens is 1. The monoisotopic (exact) mass is 484 g/mol. The summed E-state index contributed by atoms with van der Waals surface area (Å²) in [5.74, 6) is 0.862. The first-order valence-corrected chi connectivity index (χ1v) is 12.7. The third kappa shape index (κ3) is 3.83. The van der Waals surface area contributed by atoms with E-state index in [0.717, 1.165) is 71.0 Å². The van der Waals surface area contributed by atoms with Crippen molar-refractivity contribution in [3.05, 3.63) is 87.3 Å². The zero-order chi connectivity index (χ0) is 24.1. The van der Waals surface area contributed by atoms with Gasteiger partial charge in [-0.2, -0.15) is 5.10 Å². The molecule has 1 aliphatic carbocycles. The number of aryl methyl sites for hydroxylation is 3. The molecule has 2 aliphatic rings. The Hall–Kier alpha value is -3.15. The molecule has 0 amide bonds. The maximum atomic E-state index is 6.14. The molecule has 0 bridgehead atoms. The molecule has 3 heterocycles. The summed E-state index contributed by atoms with van der Waals surface area (Å²) >= 11 is 6.14. The zero-order valence-corrected chi connectivity index (χ0v) is 21.1. The fourth-order valence-corrected chi connectivity index (χ4v) is 5.76. The number of benzene rings is 2. The van der Waals surface area contributed by atoms with Gasteiger partial charge in [0.05, 0.1) is 24.5 Å². The molecule has 6 heteroatoms. The predicted octanol–water partition coefficient (Wildman–Crippen LogP) is 6.28.